The van der Waals surface area contributed by atoms with Crippen molar-refractivity contribution in [3.05, 3.63) is 33.3 Å². The average molecular weight is 314 g/mol. The molecule has 4 nitrogen and oxygen atoms in total. The molecule has 20 heavy (non-hydrogen) atoms. The Morgan fingerprint density at radius 3 is 2.10 bits per heavy atom. The monoisotopic (exact) mass is 313 g/mol. The number of aryl methyl sites for hydroxylation is 1. The minimum atomic E-state index is 0.677. The molecular formula is C14H19Cl2N4+. The van der Waals surface area contributed by atoms with E-state index in [4.69, 9.17) is 23.2 Å². The molecule has 0 amide bonds. The van der Waals surface area contributed by atoms with E-state index in [9.17, 15) is 0 Å². The topological polar surface area (TPSA) is 9.72 Å². The van der Waals surface area contributed by atoms with E-state index in [2.05, 4.69) is 27.7 Å². The van der Waals surface area contributed by atoms with Crippen molar-refractivity contribution in [1.82, 2.24) is 14.7 Å². The molecule has 4 aliphatic rings. The van der Waals surface area contributed by atoms with Crippen LogP contribution in [-0.2, 0) is 6.54 Å². The molecule has 0 radical (unpaired) electrons. The maximum atomic E-state index is 6.42. The summed E-state index contributed by atoms with van der Waals surface area (Å²) in [6.45, 7) is 9.73. The van der Waals surface area contributed by atoms with Crippen LogP contribution in [0.1, 0.15) is 11.1 Å². The van der Waals surface area contributed by atoms with Crippen molar-refractivity contribution in [2.24, 2.45) is 0 Å². The van der Waals surface area contributed by atoms with Gasteiger partial charge in [-0.2, -0.15) is 0 Å². The van der Waals surface area contributed by atoms with Crippen LogP contribution in [0, 0.1) is 6.92 Å². The van der Waals surface area contributed by atoms with Crippen molar-refractivity contribution in [1.29, 1.82) is 0 Å². The second-order valence-corrected chi connectivity index (χ2v) is 7.37. The molecule has 4 saturated heterocycles. The average Bonchev–Trinajstić information content (AvgIpc) is 2.33. The highest BCUT2D eigenvalue weighted by Gasteiger charge is 2.48. The van der Waals surface area contributed by atoms with E-state index in [-0.39, 0.29) is 0 Å². The van der Waals surface area contributed by atoms with Gasteiger partial charge < -0.3 is 0 Å². The maximum Gasteiger partial charge on any atom is 0.139 e. The first-order valence-corrected chi connectivity index (χ1v) is 7.75. The molecule has 4 bridgehead atoms. The Labute approximate surface area is 129 Å². The molecule has 4 fully saturated rings. The highest BCUT2D eigenvalue weighted by molar-refractivity contribution is 6.42. The fraction of sp³-hybridized carbons (Fsp3) is 0.571. The van der Waals surface area contributed by atoms with Crippen LogP contribution in [0.25, 0.3) is 0 Å². The van der Waals surface area contributed by atoms with Gasteiger partial charge in [-0.25, -0.2) is 14.7 Å². The molecule has 4 aliphatic heterocycles. The van der Waals surface area contributed by atoms with Crippen LogP contribution in [0.2, 0.25) is 10.0 Å². The van der Waals surface area contributed by atoms with E-state index >= 15 is 0 Å². The van der Waals surface area contributed by atoms with Gasteiger partial charge in [-0.3, -0.25) is 4.48 Å². The number of quaternary nitrogens is 1. The normalized spacial score (nSPS) is 38.5. The van der Waals surface area contributed by atoms with Gasteiger partial charge in [0.05, 0.1) is 30.1 Å². The zero-order chi connectivity index (χ0) is 13.9. The van der Waals surface area contributed by atoms with E-state index in [1.165, 1.54) is 11.1 Å². The molecule has 0 unspecified atom stereocenters. The Kier molecular flexibility index (Phi) is 3.04. The van der Waals surface area contributed by atoms with Crippen molar-refractivity contribution < 1.29 is 4.48 Å². The summed E-state index contributed by atoms with van der Waals surface area (Å²) >= 11 is 12.7. The third-order valence-electron chi connectivity index (χ3n) is 4.45. The van der Waals surface area contributed by atoms with Crippen molar-refractivity contribution in [2.75, 3.05) is 40.0 Å². The van der Waals surface area contributed by atoms with Gasteiger partial charge in [0.2, 0.25) is 0 Å². The lowest BCUT2D eigenvalue weighted by Gasteiger charge is -2.60. The van der Waals surface area contributed by atoms with Crippen molar-refractivity contribution in [3.8, 4) is 0 Å². The van der Waals surface area contributed by atoms with Gasteiger partial charge in [0.15, 0.2) is 0 Å². The zero-order valence-corrected chi connectivity index (χ0v) is 13.2. The van der Waals surface area contributed by atoms with Gasteiger partial charge in [-0.15, -0.1) is 0 Å². The van der Waals surface area contributed by atoms with Crippen LogP contribution in [0.4, 0.5) is 0 Å². The standard InChI is InChI=1S/C14H19Cl2N4/c1-11-2-12(14(16)13(15)3-11)4-20-8-17-5-18(9-20)7-19(6-17)10-20/h2-3H,4-10H2,1H3/q+1. The van der Waals surface area contributed by atoms with E-state index in [0.717, 1.165) is 56.1 Å². The molecule has 6 heteroatoms. The lowest BCUT2D eigenvalue weighted by Crippen LogP contribution is -2.78. The summed E-state index contributed by atoms with van der Waals surface area (Å²) in [4.78, 5) is 7.55. The summed E-state index contributed by atoms with van der Waals surface area (Å²) < 4.78 is 1.06. The minimum absolute atomic E-state index is 0.677. The van der Waals surface area contributed by atoms with Crippen LogP contribution >= 0.6 is 23.2 Å². The van der Waals surface area contributed by atoms with E-state index < -0.39 is 0 Å². The van der Waals surface area contributed by atoms with Crippen LogP contribution in [0.15, 0.2) is 12.1 Å². The first-order chi connectivity index (χ1) is 9.53. The molecule has 5 rings (SSSR count). The Bertz CT molecular complexity index is 525. The van der Waals surface area contributed by atoms with Crippen LogP contribution in [-0.4, -0.2) is 59.2 Å². The van der Waals surface area contributed by atoms with Gasteiger partial charge in [-0.1, -0.05) is 23.2 Å². The second-order valence-electron chi connectivity index (χ2n) is 6.58. The number of hydrogen-bond acceptors (Lipinski definition) is 3. The summed E-state index contributed by atoms with van der Waals surface area (Å²) in [7, 11) is 0. The maximum absolute atomic E-state index is 6.42. The molecule has 1 aromatic carbocycles. The summed E-state index contributed by atoms with van der Waals surface area (Å²) in [5, 5.41) is 1.41. The van der Waals surface area contributed by atoms with E-state index in [0.29, 0.717) is 5.02 Å². The number of nitrogens with zero attached hydrogens (tertiary/aromatic N) is 4. The lowest BCUT2D eigenvalue weighted by atomic mass is 10.1. The molecule has 0 spiro atoms. The van der Waals surface area contributed by atoms with Gasteiger partial charge in [0, 0.05) is 5.56 Å². The molecule has 0 aromatic heterocycles. The van der Waals surface area contributed by atoms with E-state index in [1.807, 2.05) is 6.07 Å². The molecule has 1 aromatic rings. The SMILES string of the molecule is Cc1cc(Cl)c(Cl)c(C[N+]23CN4CN(CN(C4)C2)C3)c1. The molecule has 0 N–H and O–H groups in total. The summed E-state index contributed by atoms with van der Waals surface area (Å²) in [5.41, 5.74) is 2.37. The minimum Gasteiger partial charge on any atom is -0.282 e. The fourth-order valence-corrected chi connectivity index (χ4v) is 4.54. The smallest absolute Gasteiger partial charge is 0.139 e. The predicted molar refractivity (Wildman–Crippen MR) is 79.9 cm³/mol. The van der Waals surface area contributed by atoms with Gasteiger partial charge in [0.1, 0.15) is 26.6 Å². The third kappa shape index (κ3) is 2.15. The van der Waals surface area contributed by atoms with Crippen LogP contribution in [0.3, 0.4) is 0 Å². The predicted octanol–water partition coefficient (Wildman–Crippen LogP) is 2.31. The summed E-state index contributed by atoms with van der Waals surface area (Å²) in [6.07, 6.45) is 0. The largest absolute Gasteiger partial charge is 0.282 e. The second kappa shape index (κ2) is 4.57. The Balaban J connectivity index is 1.66. The first kappa shape index (κ1) is 13.3. The molecule has 4 heterocycles. The van der Waals surface area contributed by atoms with Crippen molar-refractivity contribution in [3.63, 3.8) is 0 Å². The van der Waals surface area contributed by atoms with Crippen molar-refractivity contribution >= 4 is 23.2 Å². The van der Waals surface area contributed by atoms with Gasteiger partial charge >= 0.3 is 0 Å². The fourth-order valence-electron chi connectivity index (χ4n) is 4.08. The molecule has 108 valence electrons. The Morgan fingerprint density at radius 2 is 1.55 bits per heavy atom. The summed E-state index contributed by atoms with van der Waals surface area (Å²) in [6, 6.07) is 4.13. The quantitative estimate of drug-likeness (QED) is 0.776. The highest BCUT2D eigenvalue weighted by Crippen LogP contribution is 2.34. The number of hydrogen-bond donors (Lipinski definition) is 0. The van der Waals surface area contributed by atoms with Crippen molar-refractivity contribution in [2.45, 2.75) is 13.5 Å². The molecule has 0 aliphatic carbocycles. The Morgan fingerprint density at radius 1 is 1.00 bits per heavy atom. The molecule has 0 atom stereocenters. The number of benzene rings is 1. The van der Waals surface area contributed by atoms with Crippen LogP contribution in [0.5, 0.6) is 0 Å². The Hall–Kier alpha value is -0.360. The van der Waals surface area contributed by atoms with Gasteiger partial charge in [0.25, 0.3) is 0 Å². The zero-order valence-electron chi connectivity index (χ0n) is 11.6. The lowest BCUT2D eigenvalue weighted by molar-refractivity contribution is -0.991. The number of rotatable bonds is 2. The summed E-state index contributed by atoms with van der Waals surface area (Å²) in [5.74, 6) is 0. The highest BCUT2D eigenvalue weighted by atomic mass is 35.5. The van der Waals surface area contributed by atoms with E-state index in [1.54, 1.807) is 0 Å². The number of halogens is 2. The van der Waals surface area contributed by atoms with Gasteiger partial charge in [-0.05, 0) is 24.6 Å². The first-order valence-electron chi connectivity index (χ1n) is 7.00. The third-order valence-corrected chi connectivity index (χ3v) is 5.29. The molecule has 0 saturated carbocycles. The molecular weight excluding hydrogens is 295 g/mol. The van der Waals surface area contributed by atoms with Crippen LogP contribution < -0.4 is 0 Å².